The fourth-order valence-corrected chi connectivity index (χ4v) is 4.69. The molecule has 6 nitrogen and oxygen atoms in total. The number of hydrogen-bond donors (Lipinski definition) is 1. The SMILES string of the molecule is COC(=O)CCN1C(=S)NC(c2ccccn2)C1c1ccn(C2CCCC2)c1. The standard InChI is InChI=1S/C21H26N4O2S/c1-27-18(26)10-13-25-20(15-9-12-24(14-15)16-6-2-3-7-16)19(23-21(25)28)17-8-4-5-11-22-17/h4-5,8-9,11-12,14,16,19-20H,2-3,6-7,10,13H2,1H3,(H,23,28). The van der Waals surface area contributed by atoms with Crippen molar-refractivity contribution in [2.24, 2.45) is 0 Å². The highest BCUT2D eigenvalue weighted by molar-refractivity contribution is 7.80. The molecule has 1 saturated carbocycles. The molecular formula is C21H26N4O2S. The summed E-state index contributed by atoms with van der Waals surface area (Å²) in [5.74, 6) is -0.230. The van der Waals surface area contributed by atoms with Crippen molar-refractivity contribution >= 4 is 23.3 Å². The van der Waals surface area contributed by atoms with Crippen molar-refractivity contribution in [2.75, 3.05) is 13.7 Å². The number of rotatable bonds is 6. The molecule has 2 fully saturated rings. The first kappa shape index (κ1) is 18.9. The van der Waals surface area contributed by atoms with Crippen LogP contribution >= 0.6 is 12.2 Å². The number of pyridine rings is 1. The van der Waals surface area contributed by atoms with Gasteiger partial charge in [-0.15, -0.1) is 0 Å². The monoisotopic (exact) mass is 398 g/mol. The zero-order valence-electron chi connectivity index (χ0n) is 16.1. The highest BCUT2D eigenvalue weighted by Crippen LogP contribution is 2.40. The molecule has 1 aliphatic heterocycles. The third kappa shape index (κ3) is 3.76. The summed E-state index contributed by atoms with van der Waals surface area (Å²) in [4.78, 5) is 18.4. The number of nitrogens with zero attached hydrogens (tertiary/aromatic N) is 3. The van der Waals surface area contributed by atoms with Gasteiger partial charge in [0.1, 0.15) is 0 Å². The molecule has 0 spiro atoms. The van der Waals surface area contributed by atoms with Gasteiger partial charge < -0.3 is 19.5 Å². The second kappa shape index (κ2) is 8.31. The maximum atomic E-state index is 11.7. The summed E-state index contributed by atoms with van der Waals surface area (Å²) in [6.45, 7) is 0.515. The van der Waals surface area contributed by atoms with Crippen LogP contribution in [0.25, 0.3) is 0 Å². The molecule has 2 atom stereocenters. The van der Waals surface area contributed by atoms with Gasteiger partial charge in [0.2, 0.25) is 0 Å². The van der Waals surface area contributed by atoms with Gasteiger partial charge in [-0.1, -0.05) is 18.9 Å². The van der Waals surface area contributed by atoms with Gasteiger partial charge >= 0.3 is 5.97 Å². The number of carbonyl (C=O) groups is 1. The number of hydrogen-bond acceptors (Lipinski definition) is 4. The van der Waals surface area contributed by atoms with E-state index in [1.807, 2.05) is 18.2 Å². The van der Waals surface area contributed by atoms with Crippen LogP contribution in [0.1, 0.15) is 61.5 Å². The lowest BCUT2D eigenvalue weighted by atomic mass is 9.99. The molecule has 0 aromatic carbocycles. The van der Waals surface area contributed by atoms with E-state index >= 15 is 0 Å². The van der Waals surface area contributed by atoms with E-state index in [4.69, 9.17) is 17.0 Å². The lowest BCUT2D eigenvalue weighted by Gasteiger charge is -2.27. The third-order valence-corrected chi connectivity index (χ3v) is 6.16. The van der Waals surface area contributed by atoms with Gasteiger partial charge in [0, 0.05) is 31.2 Å². The van der Waals surface area contributed by atoms with Crippen molar-refractivity contribution in [3.63, 3.8) is 0 Å². The molecule has 2 unspecified atom stereocenters. The summed E-state index contributed by atoms with van der Waals surface area (Å²) in [5.41, 5.74) is 2.14. The Morgan fingerprint density at radius 1 is 1.32 bits per heavy atom. The van der Waals surface area contributed by atoms with E-state index in [-0.39, 0.29) is 18.1 Å². The summed E-state index contributed by atoms with van der Waals surface area (Å²) in [6.07, 6.45) is 11.6. The molecule has 2 aromatic heterocycles. The van der Waals surface area contributed by atoms with E-state index in [0.29, 0.717) is 24.1 Å². The van der Waals surface area contributed by atoms with Crippen molar-refractivity contribution < 1.29 is 9.53 Å². The number of esters is 1. The quantitative estimate of drug-likeness (QED) is 0.593. The number of thiocarbonyl (C=S) groups is 1. The predicted molar refractivity (Wildman–Crippen MR) is 111 cm³/mol. The molecule has 2 aliphatic rings. The van der Waals surface area contributed by atoms with E-state index in [9.17, 15) is 4.79 Å². The zero-order chi connectivity index (χ0) is 19.5. The van der Waals surface area contributed by atoms with Gasteiger partial charge in [-0.2, -0.15) is 0 Å². The first-order valence-electron chi connectivity index (χ1n) is 9.89. The maximum absolute atomic E-state index is 11.7. The second-order valence-electron chi connectivity index (χ2n) is 7.48. The number of methoxy groups -OCH3 is 1. The number of carbonyl (C=O) groups excluding carboxylic acids is 1. The third-order valence-electron chi connectivity index (χ3n) is 5.81. The van der Waals surface area contributed by atoms with E-state index in [0.717, 1.165) is 5.69 Å². The van der Waals surface area contributed by atoms with Crippen molar-refractivity contribution in [1.82, 2.24) is 19.8 Å². The summed E-state index contributed by atoms with van der Waals surface area (Å²) in [6, 6.07) is 8.64. The minimum Gasteiger partial charge on any atom is -0.469 e. The summed E-state index contributed by atoms with van der Waals surface area (Å²) < 4.78 is 7.17. The van der Waals surface area contributed by atoms with Crippen LogP contribution in [0, 0.1) is 0 Å². The van der Waals surface area contributed by atoms with Gasteiger partial charge in [0.15, 0.2) is 5.11 Å². The Morgan fingerprint density at radius 3 is 2.86 bits per heavy atom. The average molecular weight is 399 g/mol. The van der Waals surface area contributed by atoms with E-state index in [1.54, 1.807) is 6.20 Å². The van der Waals surface area contributed by atoms with Crippen molar-refractivity contribution in [1.29, 1.82) is 0 Å². The molecule has 0 bridgehead atoms. The Morgan fingerprint density at radius 2 is 2.14 bits per heavy atom. The Hall–Kier alpha value is -2.41. The molecule has 7 heteroatoms. The molecule has 1 saturated heterocycles. The molecule has 3 heterocycles. The number of ether oxygens (including phenoxy) is 1. The van der Waals surface area contributed by atoms with Gasteiger partial charge in [-0.05, 0) is 48.8 Å². The summed E-state index contributed by atoms with van der Waals surface area (Å²) in [5, 5.41) is 4.07. The molecular weight excluding hydrogens is 372 g/mol. The van der Waals surface area contributed by atoms with Crippen molar-refractivity contribution in [3.05, 3.63) is 54.1 Å². The lowest BCUT2D eigenvalue weighted by molar-refractivity contribution is -0.140. The summed E-state index contributed by atoms with van der Waals surface area (Å²) in [7, 11) is 1.42. The summed E-state index contributed by atoms with van der Waals surface area (Å²) >= 11 is 5.62. The van der Waals surface area contributed by atoms with Gasteiger partial charge in [0.05, 0.1) is 31.3 Å². The fourth-order valence-electron chi connectivity index (χ4n) is 4.36. The van der Waals surface area contributed by atoms with Crippen LogP contribution in [0.3, 0.4) is 0 Å². The van der Waals surface area contributed by atoms with Crippen molar-refractivity contribution in [2.45, 2.75) is 50.2 Å². The van der Waals surface area contributed by atoms with E-state index in [1.165, 1.54) is 38.4 Å². The van der Waals surface area contributed by atoms with E-state index < -0.39 is 0 Å². The molecule has 2 aromatic rings. The van der Waals surface area contributed by atoms with Crippen LogP contribution in [0.4, 0.5) is 0 Å². The van der Waals surface area contributed by atoms with Crippen LogP contribution < -0.4 is 5.32 Å². The topological polar surface area (TPSA) is 59.4 Å². The molecule has 1 aliphatic carbocycles. The maximum Gasteiger partial charge on any atom is 0.307 e. The molecule has 0 amide bonds. The smallest absolute Gasteiger partial charge is 0.307 e. The Kier molecular flexibility index (Phi) is 5.62. The Labute approximate surface area is 170 Å². The van der Waals surface area contributed by atoms with Gasteiger partial charge in [-0.25, -0.2) is 0 Å². The molecule has 28 heavy (non-hydrogen) atoms. The zero-order valence-corrected chi connectivity index (χ0v) is 16.9. The highest BCUT2D eigenvalue weighted by Gasteiger charge is 2.40. The van der Waals surface area contributed by atoms with Crippen LogP contribution in [0.15, 0.2) is 42.9 Å². The fraction of sp³-hybridized carbons (Fsp3) is 0.476. The average Bonchev–Trinajstić information content (AvgIpc) is 3.46. The van der Waals surface area contributed by atoms with Crippen LogP contribution in [0.2, 0.25) is 0 Å². The molecule has 148 valence electrons. The largest absolute Gasteiger partial charge is 0.469 e. The predicted octanol–water partition coefficient (Wildman–Crippen LogP) is 3.53. The Bertz CT molecular complexity index is 832. The lowest BCUT2D eigenvalue weighted by Crippen LogP contribution is -2.31. The normalized spacial score (nSPS) is 22.5. The minimum atomic E-state index is -0.230. The van der Waals surface area contributed by atoms with Crippen LogP contribution in [0.5, 0.6) is 0 Å². The minimum absolute atomic E-state index is 0.00490. The first-order chi connectivity index (χ1) is 13.7. The molecule has 4 rings (SSSR count). The Balaban J connectivity index is 1.64. The van der Waals surface area contributed by atoms with E-state index in [2.05, 4.69) is 38.2 Å². The van der Waals surface area contributed by atoms with Crippen LogP contribution in [-0.4, -0.2) is 39.2 Å². The number of nitrogens with one attached hydrogen (secondary N) is 1. The highest BCUT2D eigenvalue weighted by atomic mass is 32.1. The first-order valence-corrected chi connectivity index (χ1v) is 10.3. The number of aromatic nitrogens is 2. The van der Waals surface area contributed by atoms with Crippen LogP contribution in [-0.2, 0) is 9.53 Å². The van der Waals surface area contributed by atoms with Crippen molar-refractivity contribution in [3.8, 4) is 0 Å². The molecule has 0 radical (unpaired) electrons. The second-order valence-corrected chi connectivity index (χ2v) is 7.86. The molecule has 1 N–H and O–H groups in total. The van der Waals surface area contributed by atoms with Gasteiger partial charge in [0.25, 0.3) is 0 Å². The van der Waals surface area contributed by atoms with Gasteiger partial charge in [-0.3, -0.25) is 9.78 Å².